The van der Waals surface area contributed by atoms with E-state index >= 15 is 0 Å². The number of imidazole rings is 1. The van der Waals surface area contributed by atoms with Crippen molar-refractivity contribution >= 4 is 34.5 Å². The van der Waals surface area contributed by atoms with Crippen molar-refractivity contribution < 1.29 is 14.3 Å². The molecule has 0 radical (unpaired) electrons. The second-order valence-corrected chi connectivity index (χ2v) is 5.75. The minimum Gasteiger partial charge on any atom is -0.495 e. The molecule has 0 unspecified atom stereocenters. The number of carbonyl (C=O) groups excluding carboxylic acids is 2. The van der Waals surface area contributed by atoms with E-state index < -0.39 is 6.04 Å². The summed E-state index contributed by atoms with van der Waals surface area (Å²) in [6.45, 7) is 0. The van der Waals surface area contributed by atoms with Gasteiger partial charge in [-0.1, -0.05) is 24.3 Å². The van der Waals surface area contributed by atoms with Crippen molar-refractivity contribution in [3.05, 3.63) is 48.5 Å². The standard InChI is InChI=1S/C18H16N4O3/c1-25-15-9-5-3-7-12(15)19-16(23)10-14-17(24)21-18-20-11-6-2-4-8-13(11)22(14)18/h2-9,14H,10H2,1H3,(H,19,23)(H,20,21,24)/t14-/m1/s1. The van der Waals surface area contributed by atoms with Crippen molar-refractivity contribution in [1.29, 1.82) is 0 Å². The summed E-state index contributed by atoms with van der Waals surface area (Å²) < 4.78 is 7.01. The molecule has 0 spiro atoms. The minimum atomic E-state index is -0.628. The van der Waals surface area contributed by atoms with Gasteiger partial charge >= 0.3 is 0 Å². The fourth-order valence-electron chi connectivity index (χ4n) is 3.07. The van der Waals surface area contributed by atoms with Gasteiger partial charge in [0.1, 0.15) is 11.8 Å². The minimum absolute atomic E-state index is 0.0111. The third-order valence-electron chi connectivity index (χ3n) is 4.20. The Morgan fingerprint density at radius 1 is 1.24 bits per heavy atom. The van der Waals surface area contributed by atoms with E-state index in [1.807, 2.05) is 36.4 Å². The molecule has 0 fully saturated rings. The Balaban J connectivity index is 1.59. The highest BCUT2D eigenvalue weighted by Gasteiger charge is 2.34. The number of methoxy groups -OCH3 is 1. The van der Waals surface area contributed by atoms with Gasteiger partial charge in [-0.2, -0.15) is 0 Å². The number of aromatic nitrogens is 2. The lowest BCUT2D eigenvalue weighted by molar-refractivity contribution is -0.123. The molecule has 0 aliphatic carbocycles. The molecule has 2 amide bonds. The van der Waals surface area contributed by atoms with Crippen LogP contribution >= 0.6 is 0 Å². The highest BCUT2D eigenvalue weighted by molar-refractivity contribution is 6.03. The Morgan fingerprint density at radius 2 is 2.00 bits per heavy atom. The average molecular weight is 336 g/mol. The maximum atomic E-state index is 12.5. The van der Waals surface area contributed by atoms with Crippen LogP contribution < -0.4 is 15.4 Å². The zero-order valence-corrected chi connectivity index (χ0v) is 13.5. The first-order chi connectivity index (χ1) is 12.2. The summed E-state index contributed by atoms with van der Waals surface area (Å²) in [6, 6.07) is 14.0. The predicted octanol–water partition coefficient (Wildman–Crippen LogP) is 2.57. The molecule has 0 bridgehead atoms. The van der Waals surface area contributed by atoms with E-state index in [0.29, 0.717) is 17.4 Å². The van der Waals surface area contributed by atoms with Crippen LogP contribution in [0.2, 0.25) is 0 Å². The summed E-state index contributed by atoms with van der Waals surface area (Å²) in [7, 11) is 1.54. The summed E-state index contributed by atoms with van der Waals surface area (Å²) in [6.07, 6.45) is 0.0111. The number of para-hydroxylation sites is 4. The Bertz CT molecular complexity index is 979. The Hall–Kier alpha value is -3.35. The van der Waals surface area contributed by atoms with Gasteiger partial charge in [0.15, 0.2) is 0 Å². The second kappa shape index (κ2) is 5.94. The molecule has 3 aromatic rings. The first-order valence-electron chi connectivity index (χ1n) is 7.88. The quantitative estimate of drug-likeness (QED) is 0.767. The first kappa shape index (κ1) is 15.2. The number of nitrogens with one attached hydrogen (secondary N) is 2. The molecule has 4 rings (SSSR count). The highest BCUT2D eigenvalue weighted by Crippen LogP contribution is 2.32. The van der Waals surface area contributed by atoms with Crippen molar-refractivity contribution in [2.24, 2.45) is 0 Å². The van der Waals surface area contributed by atoms with Crippen LogP contribution in [0.25, 0.3) is 11.0 Å². The normalized spacial score (nSPS) is 15.7. The predicted molar refractivity (Wildman–Crippen MR) is 93.6 cm³/mol. The molecule has 1 aromatic heterocycles. The van der Waals surface area contributed by atoms with Crippen molar-refractivity contribution in [1.82, 2.24) is 9.55 Å². The molecular formula is C18H16N4O3. The summed E-state index contributed by atoms with van der Waals surface area (Å²) in [4.78, 5) is 29.1. The van der Waals surface area contributed by atoms with Crippen LogP contribution in [-0.4, -0.2) is 28.5 Å². The molecule has 25 heavy (non-hydrogen) atoms. The lowest BCUT2D eigenvalue weighted by Crippen LogP contribution is -2.23. The zero-order chi connectivity index (χ0) is 17.4. The average Bonchev–Trinajstić information content (AvgIpc) is 3.11. The number of hydrogen-bond acceptors (Lipinski definition) is 4. The molecule has 1 aliphatic rings. The molecule has 0 saturated carbocycles. The van der Waals surface area contributed by atoms with Gasteiger partial charge in [0.05, 0.1) is 30.3 Å². The van der Waals surface area contributed by atoms with E-state index in [2.05, 4.69) is 15.6 Å². The van der Waals surface area contributed by atoms with Crippen LogP contribution in [0.15, 0.2) is 48.5 Å². The van der Waals surface area contributed by atoms with E-state index in [9.17, 15) is 9.59 Å². The molecule has 1 aliphatic heterocycles. The van der Waals surface area contributed by atoms with E-state index in [4.69, 9.17) is 4.74 Å². The highest BCUT2D eigenvalue weighted by atomic mass is 16.5. The Labute approximate surface area is 143 Å². The van der Waals surface area contributed by atoms with Crippen LogP contribution in [0.3, 0.4) is 0 Å². The largest absolute Gasteiger partial charge is 0.495 e. The molecule has 2 heterocycles. The SMILES string of the molecule is COc1ccccc1NC(=O)C[C@@H]1C(=O)Nc2nc3ccccc3n21. The Morgan fingerprint density at radius 3 is 2.84 bits per heavy atom. The Kier molecular flexibility index (Phi) is 3.61. The number of amides is 2. The maximum Gasteiger partial charge on any atom is 0.250 e. The number of hydrogen-bond donors (Lipinski definition) is 2. The van der Waals surface area contributed by atoms with Gasteiger partial charge in [0.25, 0.3) is 0 Å². The number of fused-ring (bicyclic) bond motifs is 3. The summed E-state index contributed by atoms with van der Waals surface area (Å²) in [5, 5.41) is 5.54. The van der Waals surface area contributed by atoms with E-state index in [1.54, 1.807) is 23.8 Å². The molecule has 2 N–H and O–H groups in total. The van der Waals surface area contributed by atoms with Crippen LogP contribution in [0.4, 0.5) is 11.6 Å². The van der Waals surface area contributed by atoms with Gasteiger partial charge in [0, 0.05) is 0 Å². The molecular weight excluding hydrogens is 320 g/mol. The van der Waals surface area contributed by atoms with Gasteiger partial charge in [-0.3, -0.25) is 19.5 Å². The van der Waals surface area contributed by atoms with Gasteiger partial charge in [-0.15, -0.1) is 0 Å². The second-order valence-electron chi connectivity index (χ2n) is 5.75. The van der Waals surface area contributed by atoms with Gasteiger partial charge in [0.2, 0.25) is 17.8 Å². The topological polar surface area (TPSA) is 85.2 Å². The summed E-state index contributed by atoms with van der Waals surface area (Å²) >= 11 is 0. The molecule has 0 saturated heterocycles. The lowest BCUT2D eigenvalue weighted by atomic mass is 10.1. The van der Waals surface area contributed by atoms with Crippen molar-refractivity contribution in [3.8, 4) is 5.75 Å². The maximum absolute atomic E-state index is 12.5. The van der Waals surface area contributed by atoms with Crippen molar-refractivity contribution in [2.45, 2.75) is 12.5 Å². The fraction of sp³-hybridized carbons (Fsp3) is 0.167. The molecule has 126 valence electrons. The number of benzene rings is 2. The molecule has 1 atom stereocenters. The van der Waals surface area contributed by atoms with Gasteiger partial charge in [-0.25, -0.2) is 4.98 Å². The monoisotopic (exact) mass is 336 g/mol. The summed E-state index contributed by atoms with van der Waals surface area (Å²) in [5.41, 5.74) is 2.18. The number of ether oxygens (including phenoxy) is 1. The molecule has 7 nitrogen and oxygen atoms in total. The number of carbonyl (C=O) groups is 2. The van der Waals surface area contributed by atoms with Gasteiger partial charge in [-0.05, 0) is 24.3 Å². The lowest BCUT2D eigenvalue weighted by Gasteiger charge is -2.13. The van der Waals surface area contributed by atoms with E-state index in [0.717, 1.165) is 11.0 Å². The smallest absolute Gasteiger partial charge is 0.250 e. The van der Waals surface area contributed by atoms with Crippen molar-refractivity contribution in [3.63, 3.8) is 0 Å². The third-order valence-corrected chi connectivity index (χ3v) is 4.20. The number of nitrogens with zero attached hydrogens (tertiary/aromatic N) is 2. The molecule has 7 heteroatoms. The number of rotatable bonds is 4. The van der Waals surface area contributed by atoms with Gasteiger partial charge < -0.3 is 10.1 Å². The summed E-state index contributed by atoms with van der Waals surface area (Å²) in [5.74, 6) is 0.542. The van der Waals surface area contributed by atoms with Crippen LogP contribution in [0, 0.1) is 0 Å². The molecule has 2 aromatic carbocycles. The van der Waals surface area contributed by atoms with Crippen LogP contribution in [0.1, 0.15) is 12.5 Å². The fourth-order valence-corrected chi connectivity index (χ4v) is 3.07. The van der Waals surface area contributed by atoms with E-state index in [1.165, 1.54) is 0 Å². The number of anilines is 2. The van der Waals surface area contributed by atoms with E-state index in [-0.39, 0.29) is 18.2 Å². The zero-order valence-electron chi connectivity index (χ0n) is 13.5. The van der Waals surface area contributed by atoms with Crippen LogP contribution in [0.5, 0.6) is 5.75 Å². The third kappa shape index (κ3) is 2.59. The van der Waals surface area contributed by atoms with Crippen LogP contribution in [-0.2, 0) is 9.59 Å². The van der Waals surface area contributed by atoms with Crippen molar-refractivity contribution in [2.75, 3.05) is 17.7 Å². The first-order valence-corrected chi connectivity index (χ1v) is 7.88.